The minimum absolute atomic E-state index is 0. The second kappa shape index (κ2) is 10.0. The van der Waals surface area contributed by atoms with Gasteiger partial charge in [-0.15, -0.1) is 12.4 Å². The largest absolute Gasteiger partial charge is 0.434 e. The molecule has 2 fully saturated rings. The molecule has 0 radical (unpaired) electrons. The van der Waals surface area contributed by atoms with Crippen LogP contribution in [0.3, 0.4) is 0 Å². The second-order valence-corrected chi connectivity index (χ2v) is 7.11. The topological polar surface area (TPSA) is 75.9 Å². The molecule has 0 aromatic heterocycles. The van der Waals surface area contributed by atoms with Crippen molar-refractivity contribution < 1.29 is 23.1 Å². The first-order valence-electron chi connectivity index (χ1n) is 9.32. The third-order valence-electron chi connectivity index (χ3n) is 5.41. The molecule has 156 valence electrons. The van der Waals surface area contributed by atoms with Gasteiger partial charge in [-0.05, 0) is 30.9 Å². The maximum absolute atomic E-state index is 12.7. The van der Waals surface area contributed by atoms with Crippen LogP contribution in [0.25, 0.3) is 0 Å². The Morgan fingerprint density at radius 1 is 1.11 bits per heavy atom. The van der Waals surface area contributed by atoms with Crippen molar-refractivity contribution in [3.05, 3.63) is 29.8 Å². The third kappa shape index (κ3) is 5.32. The number of nitrogens with two attached hydrogens (primary N) is 1. The summed E-state index contributed by atoms with van der Waals surface area (Å²) in [6, 6.07) is 6.07. The van der Waals surface area contributed by atoms with E-state index in [2.05, 4.69) is 4.74 Å². The second-order valence-electron chi connectivity index (χ2n) is 7.11. The fourth-order valence-corrected chi connectivity index (χ4v) is 3.84. The van der Waals surface area contributed by atoms with Gasteiger partial charge in [-0.25, -0.2) is 0 Å². The lowest BCUT2D eigenvalue weighted by molar-refractivity contribution is -0.133. The molecule has 2 N–H and O–H groups in total. The Morgan fingerprint density at radius 3 is 2.36 bits per heavy atom. The third-order valence-corrected chi connectivity index (χ3v) is 5.41. The number of carbonyl (C=O) groups is 2. The predicted molar refractivity (Wildman–Crippen MR) is 103 cm³/mol. The van der Waals surface area contributed by atoms with E-state index in [4.69, 9.17) is 5.73 Å². The van der Waals surface area contributed by atoms with E-state index < -0.39 is 6.61 Å². The molecule has 3 rings (SSSR count). The van der Waals surface area contributed by atoms with Gasteiger partial charge in [0.15, 0.2) is 0 Å². The molecule has 2 aliphatic rings. The molecule has 1 heterocycles. The lowest BCUT2D eigenvalue weighted by Crippen LogP contribution is -2.51. The summed E-state index contributed by atoms with van der Waals surface area (Å²) in [4.78, 5) is 28.5. The quantitative estimate of drug-likeness (QED) is 0.798. The summed E-state index contributed by atoms with van der Waals surface area (Å²) in [5.74, 6) is -0.177. The van der Waals surface area contributed by atoms with Gasteiger partial charge in [0, 0.05) is 38.6 Å². The molecule has 6 nitrogen and oxygen atoms in total. The monoisotopic (exact) mass is 417 g/mol. The normalized spacial score (nSPS) is 22.1. The molecule has 1 aromatic carbocycles. The van der Waals surface area contributed by atoms with Crippen molar-refractivity contribution in [2.45, 2.75) is 38.3 Å². The Hall–Kier alpha value is -1.93. The first-order valence-corrected chi connectivity index (χ1v) is 9.32. The van der Waals surface area contributed by atoms with Gasteiger partial charge >= 0.3 is 6.61 Å². The molecule has 2 amide bonds. The van der Waals surface area contributed by atoms with Gasteiger partial charge in [0.1, 0.15) is 5.75 Å². The summed E-state index contributed by atoms with van der Waals surface area (Å²) in [5, 5.41) is 0. The van der Waals surface area contributed by atoms with E-state index in [1.165, 1.54) is 12.1 Å². The van der Waals surface area contributed by atoms with Gasteiger partial charge in [0.2, 0.25) is 5.91 Å². The fraction of sp³-hybridized carbons (Fsp3) is 0.579. The van der Waals surface area contributed by atoms with Crippen LogP contribution in [0, 0.1) is 5.92 Å². The van der Waals surface area contributed by atoms with Crippen LogP contribution in [0.5, 0.6) is 5.75 Å². The molecular formula is C19H26ClF2N3O3. The van der Waals surface area contributed by atoms with Gasteiger partial charge in [-0.3, -0.25) is 9.59 Å². The van der Waals surface area contributed by atoms with Crippen molar-refractivity contribution in [2.75, 3.05) is 26.2 Å². The molecule has 1 aliphatic carbocycles. The number of rotatable bonds is 5. The minimum Gasteiger partial charge on any atom is -0.434 e. The molecule has 28 heavy (non-hydrogen) atoms. The predicted octanol–water partition coefficient (Wildman–Crippen LogP) is 2.51. The zero-order valence-corrected chi connectivity index (χ0v) is 16.4. The minimum atomic E-state index is -2.99. The summed E-state index contributed by atoms with van der Waals surface area (Å²) in [6.07, 6.45) is 3.49. The van der Waals surface area contributed by atoms with Crippen molar-refractivity contribution in [1.82, 2.24) is 9.80 Å². The number of ether oxygens (including phenoxy) is 1. The SMILES string of the molecule is Cl.N[C@@H]1CCC[C@H]1CC(=O)N1CCN(C(=O)c2ccccc2OC(F)F)CC1. The van der Waals surface area contributed by atoms with Crippen molar-refractivity contribution >= 4 is 24.2 Å². The van der Waals surface area contributed by atoms with Crippen LogP contribution in [-0.4, -0.2) is 60.4 Å². The van der Waals surface area contributed by atoms with Crippen molar-refractivity contribution in [3.8, 4) is 5.75 Å². The maximum atomic E-state index is 12.7. The lowest BCUT2D eigenvalue weighted by Gasteiger charge is -2.35. The Bertz CT molecular complexity index is 684. The van der Waals surface area contributed by atoms with Crippen LogP contribution in [0.15, 0.2) is 24.3 Å². The highest BCUT2D eigenvalue weighted by atomic mass is 35.5. The Kier molecular flexibility index (Phi) is 8.00. The summed E-state index contributed by atoms with van der Waals surface area (Å²) in [7, 11) is 0. The molecule has 1 aliphatic heterocycles. The van der Waals surface area contributed by atoms with Gasteiger partial charge in [-0.1, -0.05) is 18.6 Å². The molecule has 1 saturated heterocycles. The number of halogens is 3. The highest BCUT2D eigenvalue weighted by Crippen LogP contribution is 2.28. The van der Waals surface area contributed by atoms with Gasteiger partial charge in [0.25, 0.3) is 5.91 Å². The highest BCUT2D eigenvalue weighted by molar-refractivity contribution is 5.97. The average molecular weight is 418 g/mol. The molecule has 0 bridgehead atoms. The molecule has 2 atom stereocenters. The zero-order valence-electron chi connectivity index (χ0n) is 15.6. The van der Waals surface area contributed by atoms with Gasteiger partial charge in [-0.2, -0.15) is 8.78 Å². The fourth-order valence-electron chi connectivity index (χ4n) is 3.84. The first kappa shape index (κ1) is 22.4. The smallest absolute Gasteiger partial charge is 0.387 e. The zero-order chi connectivity index (χ0) is 19.4. The van der Waals surface area contributed by atoms with E-state index in [0.717, 1.165) is 19.3 Å². The van der Waals surface area contributed by atoms with E-state index in [1.807, 2.05) is 0 Å². The van der Waals surface area contributed by atoms with Crippen LogP contribution < -0.4 is 10.5 Å². The number of piperazine rings is 1. The van der Waals surface area contributed by atoms with Crippen LogP contribution in [0.1, 0.15) is 36.0 Å². The number of carbonyl (C=O) groups excluding carboxylic acids is 2. The Labute approximate surface area is 169 Å². The van der Waals surface area contributed by atoms with E-state index in [0.29, 0.717) is 32.6 Å². The summed E-state index contributed by atoms with van der Waals surface area (Å²) >= 11 is 0. The number of alkyl halides is 2. The van der Waals surface area contributed by atoms with E-state index in [-0.39, 0.29) is 47.5 Å². The highest BCUT2D eigenvalue weighted by Gasteiger charge is 2.31. The summed E-state index contributed by atoms with van der Waals surface area (Å²) in [6.45, 7) is -1.39. The van der Waals surface area contributed by atoms with E-state index in [9.17, 15) is 18.4 Å². The van der Waals surface area contributed by atoms with Crippen LogP contribution >= 0.6 is 12.4 Å². The van der Waals surface area contributed by atoms with Crippen LogP contribution in [0.4, 0.5) is 8.78 Å². The van der Waals surface area contributed by atoms with Crippen LogP contribution in [-0.2, 0) is 4.79 Å². The molecule has 0 unspecified atom stereocenters. The van der Waals surface area contributed by atoms with E-state index >= 15 is 0 Å². The lowest BCUT2D eigenvalue weighted by atomic mass is 9.99. The number of hydrogen-bond donors (Lipinski definition) is 1. The molecule has 9 heteroatoms. The standard InChI is InChI=1S/C19H25F2N3O3.ClH/c20-19(21)27-16-7-2-1-5-14(16)18(26)24-10-8-23(9-11-24)17(25)12-13-4-3-6-15(13)22;/h1-2,5,7,13,15,19H,3-4,6,8-12,22H2;1H/t13-,15+;/m0./s1. The number of benzene rings is 1. The van der Waals surface area contributed by atoms with Crippen molar-refractivity contribution in [2.24, 2.45) is 11.7 Å². The van der Waals surface area contributed by atoms with Gasteiger partial charge in [0.05, 0.1) is 5.56 Å². The number of amides is 2. The molecular weight excluding hydrogens is 392 g/mol. The first-order chi connectivity index (χ1) is 13.0. The summed E-state index contributed by atoms with van der Waals surface area (Å²) < 4.78 is 29.5. The van der Waals surface area contributed by atoms with E-state index in [1.54, 1.807) is 21.9 Å². The number of hydrogen-bond acceptors (Lipinski definition) is 4. The molecule has 1 aromatic rings. The average Bonchev–Trinajstić information content (AvgIpc) is 3.06. The van der Waals surface area contributed by atoms with Crippen molar-refractivity contribution in [1.29, 1.82) is 0 Å². The van der Waals surface area contributed by atoms with Gasteiger partial charge < -0.3 is 20.3 Å². The maximum Gasteiger partial charge on any atom is 0.387 e. The van der Waals surface area contributed by atoms with Crippen LogP contribution in [0.2, 0.25) is 0 Å². The Morgan fingerprint density at radius 2 is 1.75 bits per heavy atom. The summed E-state index contributed by atoms with van der Waals surface area (Å²) in [5.41, 5.74) is 6.15. The molecule has 1 saturated carbocycles. The Balaban J connectivity index is 0.00000280. The number of para-hydroxylation sites is 1. The number of nitrogens with zero attached hydrogens (tertiary/aromatic N) is 2. The molecule has 0 spiro atoms. The van der Waals surface area contributed by atoms with Crippen molar-refractivity contribution in [3.63, 3.8) is 0 Å².